The summed E-state index contributed by atoms with van der Waals surface area (Å²) in [5.74, 6) is 1.09. The smallest absolute Gasteiger partial charge is 0.237 e. The fourth-order valence-corrected chi connectivity index (χ4v) is 2.06. The third-order valence-corrected chi connectivity index (χ3v) is 2.97. The van der Waals surface area contributed by atoms with Crippen molar-refractivity contribution in [2.75, 3.05) is 7.05 Å². The summed E-state index contributed by atoms with van der Waals surface area (Å²) in [5, 5.41) is 12.4. The van der Waals surface area contributed by atoms with Crippen molar-refractivity contribution >= 4 is 0 Å². The minimum absolute atomic E-state index is 0.369. The fraction of sp³-hybridized carbons (Fsp3) is 0.250. The molecule has 1 N–H and O–H groups in total. The molecule has 0 aliphatic carbocycles. The molecule has 0 bridgehead atoms. The maximum absolute atomic E-state index is 9.26. The van der Waals surface area contributed by atoms with E-state index in [1.54, 1.807) is 0 Å². The Kier molecular flexibility index (Phi) is 4.34. The Bertz CT molecular complexity index is 659. The van der Waals surface area contributed by atoms with Crippen LogP contribution in [0.15, 0.2) is 30.3 Å². The number of para-hydroxylation sites is 1. The minimum Gasteiger partial charge on any atom is -0.437 e. The first-order valence-electron chi connectivity index (χ1n) is 6.44. The molecule has 1 aromatic carbocycles. The molecule has 1 aromatic heterocycles. The van der Waals surface area contributed by atoms with E-state index in [2.05, 4.69) is 16.4 Å². The van der Waals surface area contributed by atoms with E-state index in [4.69, 9.17) is 4.74 Å². The predicted molar refractivity (Wildman–Crippen MR) is 77.7 cm³/mol. The number of aryl methyl sites for hydroxylation is 2. The Morgan fingerprint density at radius 1 is 1.30 bits per heavy atom. The Balaban J connectivity index is 2.43. The van der Waals surface area contributed by atoms with E-state index in [9.17, 15) is 5.26 Å². The van der Waals surface area contributed by atoms with Crippen LogP contribution in [0.5, 0.6) is 11.6 Å². The van der Waals surface area contributed by atoms with Crippen LogP contribution in [-0.4, -0.2) is 12.0 Å². The van der Waals surface area contributed by atoms with Gasteiger partial charge in [0.1, 0.15) is 17.4 Å². The van der Waals surface area contributed by atoms with Crippen molar-refractivity contribution in [2.45, 2.75) is 20.4 Å². The molecule has 0 unspecified atom stereocenters. The molecule has 0 saturated carbocycles. The van der Waals surface area contributed by atoms with Gasteiger partial charge in [0.15, 0.2) is 0 Å². The topological polar surface area (TPSA) is 57.9 Å². The number of rotatable bonds is 4. The molecular formula is C16H17N3O. The number of hydrogen-bond donors (Lipinski definition) is 1. The highest BCUT2D eigenvalue weighted by Gasteiger charge is 2.12. The van der Waals surface area contributed by atoms with Crippen LogP contribution in [0, 0.1) is 25.2 Å². The number of ether oxygens (including phenoxy) is 1. The van der Waals surface area contributed by atoms with Crippen LogP contribution in [-0.2, 0) is 6.54 Å². The van der Waals surface area contributed by atoms with Crippen molar-refractivity contribution in [3.05, 3.63) is 52.7 Å². The summed E-state index contributed by atoms with van der Waals surface area (Å²) in [6.07, 6.45) is 0. The van der Waals surface area contributed by atoms with Gasteiger partial charge in [0.25, 0.3) is 0 Å². The Hall–Kier alpha value is -2.38. The van der Waals surface area contributed by atoms with Crippen LogP contribution >= 0.6 is 0 Å². The molecule has 4 heteroatoms. The monoisotopic (exact) mass is 267 g/mol. The van der Waals surface area contributed by atoms with Gasteiger partial charge in [-0.05, 0) is 38.6 Å². The third kappa shape index (κ3) is 2.95. The highest BCUT2D eigenvalue weighted by Crippen LogP contribution is 2.28. The summed E-state index contributed by atoms with van der Waals surface area (Å²) in [6.45, 7) is 4.48. The average molecular weight is 267 g/mol. The Morgan fingerprint density at radius 3 is 2.75 bits per heavy atom. The van der Waals surface area contributed by atoms with E-state index in [0.29, 0.717) is 18.0 Å². The maximum atomic E-state index is 9.26. The van der Waals surface area contributed by atoms with E-state index in [0.717, 1.165) is 22.6 Å². The molecule has 0 fully saturated rings. The largest absolute Gasteiger partial charge is 0.437 e. The number of pyridine rings is 1. The first kappa shape index (κ1) is 14.0. The first-order chi connectivity index (χ1) is 9.65. The van der Waals surface area contributed by atoms with Crippen LogP contribution in [0.1, 0.15) is 22.4 Å². The van der Waals surface area contributed by atoms with Gasteiger partial charge in [-0.2, -0.15) is 5.26 Å². The lowest BCUT2D eigenvalue weighted by molar-refractivity contribution is 0.452. The van der Waals surface area contributed by atoms with Gasteiger partial charge in [0, 0.05) is 17.8 Å². The molecule has 102 valence electrons. The molecule has 0 atom stereocenters. The van der Waals surface area contributed by atoms with Crippen molar-refractivity contribution in [2.24, 2.45) is 0 Å². The molecule has 2 aromatic rings. The van der Waals surface area contributed by atoms with Crippen molar-refractivity contribution in [1.29, 1.82) is 5.26 Å². The fourth-order valence-electron chi connectivity index (χ4n) is 2.06. The summed E-state index contributed by atoms with van der Waals surface area (Å²) >= 11 is 0. The molecule has 4 nitrogen and oxygen atoms in total. The van der Waals surface area contributed by atoms with E-state index in [1.165, 1.54) is 0 Å². The summed E-state index contributed by atoms with van der Waals surface area (Å²) in [4.78, 5) is 4.34. The van der Waals surface area contributed by atoms with E-state index in [1.807, 2.05) is 51.2 Å². The lowest BCUT2D eigenvalue weighted by Crippen LogP contribution is -2.07. The van der Waals surface area contributed by atoms with Crippen LogP contribution in [0.2, 0.25) is 0 Å². The normalized spacial score (nSPS) is 10.1. The molecule has 0 radical (unpaired) electrons. The van der Waals surface area contributed by atoms with Gasteiger partial charge < -0.3 is 10.1 Å². The van der Waals surface area contributed by atoms with Gasteiger partial charge in [-0.3, -0.25) is 0 Å². The molecule has 0 saturated heterocycles. The predicted octanol–water partition coefficient (Wildman–Crippen LogP) is 3.08. The van der Waals surface area contributed by atoms with Gasteiger partial charge in [0.2, 0.25) is 5.88 Å². The number of aromatic nitrogens is 1. The molecule has 0 aliphatic rings. The van der Waals surface area contributed by atoms with Gasteiger partial charge in [0.05, 0.1) is 0 Å². The zero-order chi connectivity index (χ0) is 14.5. The highest BCUT2D eigenvalue weighted by molar-refractivity contribution is 5.47. The second-order valence-corrected chi connectivity index (χ2v) is 4.61. The van der Waals surface area contributed by atoms with Crippen LogP contribution in [0.4, 0.5) is 0 Å². The number of hydrogen-bond acceptors (Lipinski definition) is 4. The first-order valence-corrected chi connectivity index (χ1v) is 6.44. The van der Waals surface area contributed by atoms with Gasteiger partial charge in [-0.1, -0.05) is 18.2 Å². The SMILES string of the molecule is CNCc1ccccc1Oc1nc(C)cc(C)c1C#N. The zero-order valence-corrected chi connectivity index (χ0v) is 11.9. The summed E-state index contributed by atoms with van der Waals surface area (Å²) in [6, 6.07) is 11.8. The summed E-state index contributed by atoms with van der Waals surface area (Å²) in [7, 11) is 1.88. The lowest BCUT2D eigenvalue weighted by atomic mass is 10.1. The van der Waals surface area contributed by atoms with Crippen molar-refractivity contribution in [1.82, 2.24) is 10.3 Å². The van der Waals surface area contributed by atoms with E-state index >= 15 is 0 Å². The molecule has 0 amide bonds. The van der Waals surface area contributed by atoms with Crippen LogP contribution < -0.4 is 10.1 Å². The van der Waals surface area contributed by atoms with Crippen molar-refractivity contribution in [3.63, 3.8) is 0 Å². The molecule has 0 spiro atoms. The molecule has 1 heterocycles. The van der Waals surface area contributed by atoms with Crippen molar-refractivity contribution < 1.29 is 4.74 Å². The Labute approximate surface area is 119 Å². The standard InChI is InChI=1S/C16H17N3O/c1-11-8-12(2)19-16(14(11)9-17)20-15-7-5-4-6-13(15)10-18-3/h4-8,18H,10H2,1-3H3. The highest BCUT2D eigenvalue weighted by atomic mass is 16.5. The molecule has 20 heavy (non-hydrogen) atoms. The van der Waals surface area contributed by atoms with E-state index in [-0.39, 0.29) is 0 Å². The number of nitriles is 1. The third-order valence-electron chi connectivity index (χ3n) is 2.97. The molecule has 2 rings (SSSR count). The average Bonchev–Trinajstić information content (AvgIpc) is 2.41. The van der Waals surface area contributed by atoms with Crippen LogP contribution in [0.25, 0.3) is 0 Å². The second-order valence-electron chi connectivity index (χ2n) is 4.61. The zero-order valence-electron chi connectivity index (χ0n) is 11.9. The minimum atomic E-state index is 0.369. The van der Waals surface area contributed by atoms with Crippen molar-refractivity contribution in [3.8, 4) is 17.7 Å². The van der Waals surface area contributed by atoms with Crippen LogP contribution in [0.3, 0.4) is 0 Å². The van der Waals surface area contributed by atoms with E-state index < -0.39 is 0 Å². The number of nitrogens with zero attached hydrogens (tertiary/aromatic N) is 2. The summed E-state index contributed by atoms with van der Waals surface area (Å²) in [5.41, 5.74) is 3.22. The quantitative estimate of drug-likeness (QED) is 0.924. The molecular weight excluding hydrogens is 250 g/mol. The van der Waals surface area contributed by atoms with Gasteiger partial charge in [-0.25, -0.2) is 4.98 Å². The van der Waals surface area contributed by atoms with Gasteiger partial charge >= 0.3 is 0 Å². The maximum Gasteiger partial charge on any atom is 0.237 e. The van der Waals surface area contributed by atoms with Gasteiger partial charge in [-0.15, -0.1) is 0 Å². The number of nitrogens with one attached hydrogen (secondary N) is 1. The Morgan fingerprint density at radius 2 is 2.05 bits per heavy atom. The number of benzene rings is 1. The molecule has 0 aliphatic heterocycles. The summed E-state index contributed by atoms with van der Waals surface area (Å²) < 4.78 is 5.87. The lowest BCUT2D eigenvalue weighted by Gasteiger charge is -2.12. The second kappa shape index (κ2) is 6.18.